The summed E-state index contributed by atoms with van der Waals surface area (Å²) in [4.78, 5) is 34.6. The van der Waals surface area contributed by atoms with Gasteiger partial charge in [-0.2, -0.15) is 0 Å². The highest BCUT2D eigenvalue weighted by Gasteiger charge is 2.38. The highest BCUT2D eigenvalue weighted by molar-refractivity contribution is 8.00. The molecule has 1 aliphatic heterocycles. The summed E-state index contributed by atoms with van der Waals surface area (Å²) in [6, 6.07) is 0. The molecular formula is C17H31NO7S. The number of rotatable bonds is 17. The molecule has 0 aliphatic carbocycles. The lowest BCUT2D eigenvalue weighted by molar-refractivity contribution is -0.277. The second-order valence-corrected chi connectivity index (χ2v) is 6.94. The largest absolute Gasteiger partial charge is 0.377 e. The average molecular weight is 394 g/mol. The van der Waals surface area contributed by atoms with Gasteiger partial charge in [-0.15, -0.1) is 11.8 Å². The van der Waals surface area contributed by atoms with Crippen molar-refractivity contribution in [2.75, 3.05) is 65.7 Å². The third kappa shape index (κ3) is 9.84. The minimum atomic E-state index is -0.216. The van der Waals surface area contributed by atoms with Crippen LogP contribution in [0.15, 0.2) is 0 Å². The van der Waals surface area contributed by atoms with E-state index in [1.165, 1.54) is 12.0 Å². The van der Waals surface area contributed by atoms with Crippen molar-refractivity contribution in [2.45, 2.75) is 31.4 Å². The van der Waals surface area contributed by atoms with Crippen LogP contribution in [0.1, 0.15) is 26.2 Å². The molecule has 0 aromatic carbocycles. The van der Waals surface area contributed by atoms with Crippen LogP contribution in [0.4, 0.5) is 0 Å². The summed E-state index contributed by atoms with van der Waals surface area (Å²) in [6.07, 6.45) is 2.47. The van der Waals surface area contributed by atoms with Gasteiger partial charge in [0.15, 0.2) is 0 Å². The smallest absolute Gasteiger partial charge is 0.242 e. The van der Waals surface area contributed by atoms with Crippen LogP contribution in [0.3, 0.4) is 0 Å². The number of likely N-dealkylation sites (tertiary alicyclic amines) is 1. The van der Waals surface area contributed by atoms with Gasteiger partial charge in [0.1, 0.15) is 6.61 Å². The van der Waals surface area contributed by atoms with Gasteiger partial charge in [-0.1, -0.05) is 13.3 Å². The number of hydrogen-bond acceptors (Lipinski definition) is 8. The molecule has 1 heterocycles. The maximum Gasteiger partial charge on any atom is 0.242 e. The molecule has 9 heteroatoms. The fourth-order valence-corrected chi connectivity index (χ4v) is 3.53. The van der Waals surface area contributed by atoms with Gasteiger partial charge in [0.2, 0.25) is 11.8 Å². The minimum absolute atomic E-state index is 0.0782. The first-order valence-electron chi connectivity index (χ1n) is 9.05. The molecular weight excluding hydrogens is 362 g/mol. The lowest BCUT2D eigenvalue weighted by atomic mass is 10.3. The number of imide groups is 1. The van der Waals surface area contributed by atoms with Crippen molar-refractivity contribution in [3.05, 3.63) is 0 Å². The molecule has 0 N–H and O–H groups in total. The first-order valence-corrected chi connectivity index (χ1v) is 10.1. The van der Waals surface area contributed by atoms with Gasteiger partial charge in [0.05, 0.1) is 58.5 Å². The number of carbonyl (C=O) groups excluding carboxylic acids is 2. The second-order valence-electron chi connectivity index (χ2n) is 5.63. The quantitative estimate of drug-likeness (QED) is 0.158. The Morgan fingerprint density at radius 1 is 1.00 bits per heavy atom. The molecule has 0 spiro atoms. The third-order valence-electron chi connectivity index (χ3n) is 3.65. The highest BCUT2D eigenvalue weighted by Crippen LogP contribution is 2.25. The molecule has 1 atom stereocenters. The van der Waals surface area contributed by atoms with Crippen LogP contribution in [0.5, 0.6) is 0 Å². The first-order chi connectivity index (χ1) is 12.7. The predicted molar refractivity (Wildman–Crippen MR) is 97.9 cm³/mol. The molecule has 0 radical (unpaired) electrons. The SMILES string of the molecule is CCCCSC1CC(=O)N(CCOCCOCCOCCOOC)C1=O. The topological polar surface area (TPSA) is 83.5 Å². The van der Waals surface area contributed by atoms with Crippen molar-refractivity contribution >= 4 is 23.6 Å². The molecule has 1 aliphatic rings. The second kappa shape index (κ2) is 15.4. The summed E-state index contributed by atoms with van der Waals surface area (Å²) in [5, 5.41) is -0.216. The Bertz CT molecular complexity index is 397. The zero-order chi connectivity index (χ0) is 19.0. The highest BCUT2D eigenvalue weighted by atomic mass is 32.2. The Morgan fingerprint density at radius 2 is 1.62 bits per heavy atom. The number of hydrogen-bond donors (Lipinski definition) is 0. The number of carbonyl (C=O) groups is 2. The van der Waals surface area contributed by atoms with E-state index in [9.17, 15) is 9.59 Å². The van der Waals surface area contributed by atoms with E-state index in [4.69, 9.17) is 14.2 Å². The molecule has 1 fully saturated rings. The van der Waals surface area contributed by atoms with E-state index in [1.54, 1.807) is 11.8 Å². The van der Waals surface area contributed by atoms with E-state index in [0.29, 0.717) is 59.2 Å². The summed E-state index contributed by atoms with van der Waals surface area (Å²) in [6.45, 7) is 5.38. The van der Waals surface area contributed by atoms with E-state index < -0.39 is 0 Å². The lowest BCUT2D eigenvalue weighted by Gasteiger charge is -2.15. The van der Waals surface area contributed by atoms with Crippen molar-refractivity contribution in [1.82, 2.24) is 4.90 Å². The number of amides is 2. The predicted octanol–water partition coefficient (Wildman–Crippen LogP) is 1.28. The Balaban J connectivity index is 1.97. The van der Waals surface area contributed by atoms with Crippen LogP contribution in [-0.4, -0.2) is 87.6 Å². The molecule has 0 aromatic rings. The Kier molecular flexibility index (Phi) is 13.8. The Labute approximate surface area is 159 Å². The van der Waals surface area contributed by atoms with Crippen molar-refractivity contribution in [3.8, 4) is 0 Å². The zero-order valence-electron chi connectivity index (χ0n) is 15.8. The van der Waals surface area contributed by atoms with Gasteiger partial charge in [0.25, 0.3) is 0 Å². The number of unbranched alkanes of at least 4 members (excludes halogenated alkanes) is 1. The van der Waals surface area contributed by atoms with Gasteiger partial charge in [-0.3, -0.25) is 14.5 Å². The Morgan fingerprint density at radius 3 is 2.23 bits per heavy atom. The van der Waals surface area contributed by atoms with Crippen LogP contribution in [0, 0.1) is 0 Å². The molecule has 1 rings (SSSR count). The first kappa shape index (κ1) is 23.3. The van der Waals surface area contributed by atoms with Crippen molar-refractivity contribution in [3.63, 3.8) is 0 Å². The van der Waals surface area contributed by atoms with Crippen molar-refractivity contribution < 1.29 is 33.6 Å². The van der Waals surface area contributed by atoms with E-state index in [0.717, 1.165) is 18.6 Å². The number of ether oxygens (including phenoxy) is 3. The molecule has 26 heavy (non-hydrogen) atoms. The Hall–Kier alpha value is -0.710. The van der Waals surface area contributed by atoms with Gasteiger partial charge < -0.3 is 14.2 Å². The monoisotopic (exact) mass is 393 g/mol. The van der Waals surface area contributed by atoms with Crippen LogP contribution in [0.2, 0.25) is 0 Å². The van der Waals surface area contributed by atoms with E-state index >= 15 is 0 Å². The summed E-state index contributed by atoms with van der Waals surface area (Å²) < 4.78 is 16.0. The summed E-state index contributed by atoms with van der Waals surface area (Å²) in [5.74, 6) is 0.745. The normalized spacial score (nSPS) is 17.5. The number of nitrogens with zero attached hydrogens (tertiary/aromatic N) is 1. The van der Waals surface area contributed by atoms with E-state index in [1.807, 2.05) is 0 Å². The van der Waals surface area contributed by atoms with Gasteiger partial charge in [-0.25, -0.2) is 9.78 Å². The maximum absolute atomic E-state index is 12.2. The molecule has 8 nitrogen and oxygen atoms in total. The molecule has 0 aromatic heterocycles. The van der Waals surface area contributed by atoms with Gasteiger partial charge in [-0.05, 0) is 12.2 Å². The average Bonchev–Trinajstić information content (AvgIpc) is 2.90. The molecule has 0 bridgehead atoms. The summed E-state index contributed by atoms with van der Waals surface area (Å²) in [7, 11) is 1.45. The minimum Gasteiger partial charge on any atom is -0.377 e. The standard InChI is InChI=1S/C17H31NO7S/c1-3-4-13-26-15-14-16(19)18(17(15)20)5-6-22-7-8-23-9-10-24-11-12-25-21-2/h15H,3-14H2,1-2H3. The molecule has 152 valence electrons. The third-order valence-corrected chi connectivity index (χ3v) is 4.95. The molecule has 1 saturated heterocycles. The summed E-state index contributed by atoms with van der Waals surface area (Å²) >= 11 is 1.59. The fourth-order valence-electron chi connectivity index (χ4n) is 2.26. The fraction of sp³-hybridized carbons (Fsp3) is 0.882. The summed E-state index contributed by atoms with van der Waals surface area (Å²) in [5.41, 5.74) is 0. The van der Waals surface area contributed by atoms with Crippen LogP contribution in [0.25, 0.3) is 0 Å². The number of thioether (sulfide) groups is 1. The zero-order valence-corrected chi connectivity index (χ0v) is 16.6. The van der Waals surface area contributed by atoms with Crippen LogP contribution >= 0.6 is 11.8 Å². The van der Waals surface area contributed by atoms with Crippen LogP contribution < -0.4 is 0 Å². The lowest BCUT2D eigenvalue weighted by Crippen LogP contribution is -2.34. The molecule has 0 saturated carbocycles. The van der Waals surface area contributed by atoms with E-state index in [2.05, 4.69) is 16.7 Å². The van der Waals surface area contributed by atoms with Gasteiger partial charge >= 0.3 is 0 Å². The maximum atomic E-state index is 12.2. The molecule has 1 unspecified atom stereocenters. The van der Waals surface area contributed by atoms with E-state index in [-0.39, 0.29) is 17.1 Å². The van der Waals surface area contributed by atoms with Crippen molar-refractivity contribution in [1.29, 1.82) is 0 Å². The molecule has 2 amide bonds. The van der Waals surface area contributed by atoms with Crippen LogP contribution in [-0.2, 0) is 33.6 Å². The van der Waals surface area contributed by atoms with Crippen molar-refractivity contribution in [2.24, 2.45) is 0 Å². The van der Waals surface area contributed by atoms with Gasteiger partial charge in [0, 0.05) is 6.42 Å².